The van der Waals surface area contributed by atoms with E-state index < -0.39 is 0 Å². The number of aryl methyl sites for hydroxylation is 2. The molecule has 0 bridgehead atoms. The SMILES string of the molecule is CCc1nn(CC(=O)N2CCC[C@@H](C)C2)c(=O)c2cc3oc(C)cc3n12. The van der Waals surface area contributed by atoms with Crippen LogP contribution in [0.2, 0.25) is 0 Å². The van der Waals surface area contributed by atoms with E-state index in [9.17, 15) is 9.59 Å². The van der Waals surface area contributed by atoms with Gasteiger partial charge < -0.3 is 9.32 Å². The summed E-state index contributed by atoms with van der Waals surface area (Å²) < 4.78 is 8.82. The van der Waals surface area contributed by atoms with Crippen molar-refractivity contribution in [2.45, 2.75) is 46.6 Å². The summed E-state index contributed by atoms with van der Waals surface area (Å²) in [5, 5.41) is 4.48. The van der Waals surface area contributed by atoms with Gasteiger partial charge in [0.2, 0.25) is 5.91 Å². The summed E-state index contributed by atoms with van der Waals surface area (Å²) in [6, 6.07) is 3.66. The molecular formula is C19H24N4O3. The van der Waals surface area contributed by atoms with Crippen molar-refractivity contribution < 1.29 is 9.21 Å². The summed E-state index contributed by atoms with van der Waals surface area (Å²) in [5.74, 6) is 2.01. The molecule has 0 aliphatic carbocycles. The fourth-order valence-electron chi connectivity index (χ4n) is 3.89. The third kappa shape index (κ3) is 2.71. The highest BCUT2D eigenvalue weighted by Crippen LogP contribution is 2.23. The van der Waals surface area contributed by atoms with Crippen molar-refractivity contribution in [1.29, 1.82) is 0 Å². The Morgan fingerprint density at radius 2 is 2.15 bits per heavy atom. The first-order valence-electron chi connectivity index (χ1n) is 9.27. The number of carbonyl (C=O) groups is 1. The minimum absolute atomic E-state index is 0.0133. The predicted molar refractivity (Wildman–Crippen MR) is 98.3 cm³/mol. The molecule has 0 N–H and O–H groups in total. The maximum Gasteiger partial charge on any atom is 0.291 e. The number of carbonyl (C=O) groups excluding carboxylic acids is 1. The zero-order valence-corrected chi connectivity index (χ0v) is 15.5. The molecule has 0 saturated carbocycles. The van der Waals surface area contributed by atoms with E-state index in [-0.39, 0.29) is 18.0 Å². The second kappa shape index (κ2) is 6.30. The van der Waals surface area contributed by atoms with E-state index in [1.54, 1.807) is 6.07 Å². The van der Waals surface area contributed by atoms with E-state index in [0.717, 1.165) is 43.0 Å². The van der Waals surface area contributed by atoms with Gasteiger partial charge >= 0.3 is 0 Å². The molecule has 0 spiro atoms. The Hall–Kier alpha value is -2.57. The third-order valence-corrected chi connectivity index (χ3v) is 5.17. The quantitative estimate of drug-likeness (QED) is 0.722. The van der Waals surface area contributed by atoms with Gasteiger partial charge in [0.05, 0.1) is 5.52 Å². The third-order valence-electron chi connectivity index (χ3n) is 5.17. The Morgan fingerprint density at radius 3 is 2.88 bits per heavy atom. The highest BCUT2D eigenvalue weighted by atomic mass is 16.3. The molecule has 4 rings (SSSR count). The minimum atomic E-state index is -0.260. The van der Waals surface area contributed by atoms with Crippen LogP contribution in [0.1, 0.15) is 38.3 Å². The first-order valence-corrected chi connectivity index (χ1v) is 9.27. The van der Waals surface area contributed by atoms with Gasteiger partial charge in [-0.15, -0.1) is 0 Å². The van der Waals surface area contributed by atoms with Crippen LogP contribution in [0, 0.1) is 12.8 Å². The van der Waals surface area contributed by atoms with E-state index >= 15 is 0 Å². The maximum absolute atomic E-state index is 12.9. The van der Waals surface area contributed by atoms with E-state index in [4.69, 9.17) is 4.42 Å². The summed E-state index contributed by atoms with van der Waals surface area (Å²) in [7, 11) is 0. The number of nitrogens with zero attached hydrogens (tertiary/aromatic N) is 4. The topological polar surface area (TPSA) is 72.8 Å². The molecule has 7 nitrogen and oxygen atoms in total. The van der Waals surface area contributed by atoms with E-state index in [2.05, 4.69) is 12.0 Å². The number of hydrogen-bond donors (Lipinski definition) is 0. The summed E-state index contributed by atoms with van der Waals surface area (Å²) in [4.78, 5) is 27.4. The van der Waals surface area contributed by atoms with Gasteiger partial charge in [-0.2, -0.15) is 5.10 Å². The molecular weight excluding hydrogens is 332 g/mol. The van der Waals surface area contributed by atoms with Crippen molar-refractivity contribution in [1.82, 2.24) is 19.1 Å². The summed E-state index contributed by atoms with van der Waals surface area (Å²) in [5.41, 5.74) is 1.77. The van der Waals surface area contributed by atoms with Gasteiger partial charge in [-0.25, -0.2) is 4.68 Å². The fraction of sp³-hybridized carbons (Fsp3) is 0.526. The molecule has 26 heavy (non-hydrogen) atoms. The lowest BCUT2D eigenvalue weighted by Gasteiger charge is -2.31. The summed E-state index contributed by atoms with van der Waals surface area (Å²) in [6.45, 7) is 7.53. The first kappa shape index (κ1) is 16.9. The van der Waals surface area contributed by atoms with Crippen LogP contribution >= 0.6 is 0 Å². The summed E-state index contributed by atoms with van der Waals surface area (Å²) >= 11 is 0. The normalized spacial score (nSPS) is 18.1. The fourth-order valence-corrected chi connectivity index (χ4v) is 3.89. The highest BCUT2D eigenvalue weighted by Gasteiger charge is 2.23. The Morgan fingerprint density at radius 1 is 1.35 bits per heavy atom. The van der Waals surface area contributed by atoms with Gasteiger partial charge in [0.15, 0.2) is 5.58 Å². The van der Waals surface area contributed by atoms with Crippen LogP contribution in [0.4, 0.5) is 0 Å². The molecule has 0 aromatic carbocycles. The average Bonchev–Trinajstić information content (AvgIpc) is 3.13. The largest absolute Gasteiger partial charge is 0.460 e. The van der Waals surface area contributed by atoms with Crippen molar-refractivity contribution in [2.24, 2.45) is 5.92 Å². The number of aromatic nitrogens is 3. The van der Waals surface area contributed by atoms with Crippen LogP contribution in [0.5, 0.6) is 0 Å². The predicted octanol–water partition coefficient (Wildman–Crippen LogP) is 2.37. The van der Waals surface area contributed by atoms with Crippen molar-refractivity contribution in [2.75, 3.05) is 13.1 Å². The molecule has 1 aliphatic heterocycles. The summed E-state index contributed by atoms with van der Waals surface area (Å²) in [6.07, 6.45) is 2.82. The van der Waals surface area contributed by atoms with Crippen molar-refractivity contribution in [3.05, 3.63) is 34.1 Å². The number of piperidine rings is 1. The van der Waals surface area contributed by atoms with Gasteiger partial charge in [0.1, 0.15) is 23.6 Å². The molecule has 0 radical (unpaired) electrons. The van der Waals surface area contributed by atoms with Gasteiger partial charge in [-0.3, -0.25) is 14.0 Å². The van der Waals surface area contributed by atoms with Crippen LogP contribution in [-0.4, -0.2) is 38.1 Å². The van der Waals surface area contributed by atoms with E-state index in [1.807, 2.05) is 29.2 Å². The molecule has 0 unspecified atom stereocenters. The van der Waals surface area contributed by atoms with Crippen LogP contribution in [0.3, 0.4) is 0 Å². The Balaban J connectivity index is 1.75. The Bertz CT molecular complexity index is 1040. The molecule has 1 atom stereocenters. The van der Waals surface area contributed by atoms with Crippen LogP contribution < -0.4 is 5.56 Å². The van der Waals surface area contributed by atoms with Crippen LogP contribution in [0.25, 0.3) is 16.6 Å². The van der Waals surface area contributed by atoms with E-state index in [1.165, 1.54) is 4.68 Å². The zero-order valence-electron chi connectivity index (χ0n) is 15.5. The molecule has 3 aromatic heterocycles. The van der Waals surface area contributed by atoms with E-state index in [0.29, 0.717) is 23.4 Å². The number of rotatable bonds is 3. The highest BCUT2D eigenvalue weighted by molar-refractivity contribution is 5.83. The number of amides is 1. The number of furan rings is 1. The van der Waals surface area contributed by atoms with Crippen molar-refractivity contribution in [3.8, 4) is 0 Å². The number of hydrogen-bond acceptors (Lipinski definition) is 4. The standard InChI is InChI=1S/C19H24N4O3/c1-4-17-20-22(11-18(24)21-7-5-6-12(2)10-21)19(25)15-9-16-14(23(15)17)8-13(3)26-16/h8-9,12H,4-7,10-11H2,1-3H3/t12-/m1/s1. The lowest BCUT2D eigenvalue weighted by molar-refractivity contribution is -0.133. The molecule has 4 heterocycles. The lowest BCUT2D eigenvalue weighted by atomic mass is 10.0. The molecule has 3 aromatic rings. The first-order chi connectivity index (χ1) is 12.5. The lowest BCUT2D eigenvalue weighted by Crippen LogP contribution is -2.43. The molecule has 1 saturated heterocycles. The van der Waals surface area contributed by atoms with Gasteiger partial charge in [0, 0.05) is 31.6 Å². The second-order valence-electron chi connectivity index (χ2n) is 7.29. The monoisotopic (exact) mass is 356 g/mol. The molecule has 1 fully saturated rings. The Labute approximate surface area is 151 Å². The van der Waals surface area contributed by atoms with Gasteiger partial charge in [0.25, 0.3) is 5.56 Å². The molecule has 138 valence electrons. The minimum Gasteiger partial charge on any atom is -0.460 e. The molecule has 1 amide bonds. The van der Waals surface area contributed by atoms with Gasteiger partial charge in [-0.05, 0) is 25.7 Å². The van der Waals surface area contributed by atoms with Crippen LogP contribution in [-0.2, 0) is 17.8 Å². The Kier molecular flexibility index (Phi) is 4.09. The van der Waals surface area contributed by atoms with Crippen molar-refractivity contribution in [3.63, 3.8) is 0 Å². The van der Waals surface area contributed by atoms with Crippen molar-refractivity contribution >= 4 is 22.5 Å². The van der Waals surface area contributed by atoms with Crippen LogP contribution in [0.15, 0.2) is 21.3 Å². The smallest absolute Gasteiger partial charge is 0.291 e. The second-order valence-corrected chi connectivity index (χ2v) is 7.29. The average molecular weight is 356 g/mol. The maximum atomic E-state index is 12.9. The number of fused-ring (bicyclic) bond motifs is 3. The molecule has 7 heteroatoms. The van der Waals surface area contributed by atoms with Gasteiger partial charge in [-0.1, -0.05) is 13.8 Å². The molecule has 1 aliphatic rings. The number of likely N-dealkylation sites (tertiary alicyclic amines) is 1. The zero-order chi connectivity index (χ0) is 18.4.